The van der Waals surface area contributed by atoms with E-state index in [1.807, 2.05) is 6.07 Å². The summed E-state index contributed by atoms with van der Waals surface area (Å²) in [6.07, 6.45) is 3.36. The minimum absolute atomic E-state index is 0.0262. The highest BCUT2D eigenvalue weighted by atomic mass is 16.1. The molecular formula is C16H20N4O. The van der Waals surface area contributed by atoms with Crippen molar-refractivity contribution >= 4 is 5.82 Å². The van der Waals surface area contributed by atoms with Crippen LogP contribution in [-0.4, -0.2) is 40.6 Å². The van der Waals surface area contributed by atoms with E-state index < -0.39 is 0 Å². The third-order valence-electron chi connectivity index (χ3n) is 4.06. The van der Waals surface area contributed by atoms with Crippen molar-refractivity contribution in [3.05, 3.63) is 58.6 Å². The van der Waals surface area contributed by atoms with Gasteiger partial charge in [0, 0.05) is 45.1 Å². The van der Waals surface area contributed by atoms with Crippen molar-refractivity contribution in [1.29, 1.82) is 0 Å². The molecule has 2 aromatic rings. The Morgan fingerprint density at radius 3 is 2.71 bits per heavy atom. The molecule has 5 nitrogen and oxygen atoms in total. The predicted molar refractivity (Wildman–Crippen MR) is 83.4 cm³/mol. The molecule has 0 atom stereocenters. The fourth-order valence-electron chi connectivity index (χ4n) is 2.61. The predicted octanol–water partition coefficient (Wildman–Crippen LogP) is 1.10. The van der Waals surface area contributed by atoms with Crippen molar-refractivity contribution in [1.82, 2.24) is 14.5 Å². The van der Waals surface area contributed by atoms with Crippen LogP contribution < -0.4 is 10.5 Å². The highest BCUT2D eigenvalue weighted by Gasteiger charge is 2.32. The van der Waals surface area contributed by atoms with Crippen LogP contribution in [0.1, 0.15) is 5.56 Å². The fraction of sp³-hybridized carbons (Fsp3) is 0.375. The first-order valence-corrected chi connectivity index (χ1v) is 7.16. The zero-order chi connectivity index (χ0) is 14.8. The van der Waals surface area contributed by atoms with Crippen LogP contribution >= 0.6 is 0 Å². The van der Waals surface area contributed by atoms with Crippen LogP contribution in [0, 0.1) is 0 Å². The Labute approximate surface area is 124 Å². The Balaban J connectivity index is 1.60. The standard InChI is InChI=1S/C16H20N4O/c1-18-9-8-17-15(16(18)21)20-11-14(12-20)19(2)10-13-6-4-3-5-7-13/h3-9,14H,10-12H2,1-2H3. The van der Waals surface area contributed by atoms with Crippen LogP contribution in [0.15, 0.2) is 47.5 Å². The molecular weight excluding hydrogens is 264 g/mol. The number of nitrogens with zero attached hydrogens (tertiary/aromatic N) is 4. The number of aryl methyl sites for hydroxylation is 1. The molecule has 1 aromatic heterocycles. The molecule has 110 valence electrons. The Morgan fingerprint density at radius 2 is 2.00 bits per heavy atom. The number of benzene rings is 1. The topological polar surface area (TPSA) is 41.4 Å². The van der Waals surface area contributed by atoms with E-state index in [0.29, 0.717) is 11.9 Å². The van der Waals surface area contributed by atoms with Gasteiger partial charge in [-0.3, -0.25) is 9.69 Å². The van der Waals surface area contributed by atoms with Crippen molar-refractivity contribution in [3.8, 4) is 0 Å². The average molecular weight is 284 g/mol. The molecule has 0 bridgehead atoms. The van der Waals surface area contributed by atoms with Crippen LogP contribution in [0.25, 0.3) is 0 Å². The lowest BCUT2D eigenvalue weighted by Crippen LogP contribution is -2.59. The van der Waals surface area contributed by atoms with E-state index in [-0.39, 0.29) is 5.56 Å². The molecule has 21 heavy (non-hydrogen) atoms. The van der Waals surface area contributed by atoms with Crippen molar-refractivity contribution < 1.29 is 0 Å². The molecule has 1 aliphatic heterocycles. The SMILES string of the molecule is CN(Cc1ccccc1)C1CN(c2nccn(C)c2=O)C1. The van der Waals surface area contributed by atoms with Crippen molar-refractivity contribution in [2.45, 2.75) is 12.6 Å². The fourth-order valence-corrected chi connectivity index (χ4v) is 2.61. The van der Waals surface area contributed by atoms with Gasteiger partial charge in [-0.2, -0.15) is 0 Å². The van der Waals surface area contributed by atoms with E-state index in [1.165, 1.54) is 5.56 Å². The molecule has 0 spiro atoms. The van der Waals surface area contributed by atoms with Crippen molar-refractivity contribution in [3.63, 3.8) is 0 Å². The smallest absolute Gasteiger partial charge is 0.293 e. The third-order valence-corrected chi connectivity index (χ3v) is 4.06. The van der Waals surface area contributed by atoms with E-state index in [1.54, 1.807) is 24.0 Å². The lowest BCUT2D eigenvalue weighted by molar-refractivity contribution is 0.196. The van der Waals surface area contributed by atoms with Gasteiger partial charge in [0.25, 0.3) is 5.56 Å². The van der Waals surface area contributed by atoms with Gasteiger partial charge in [0.05, 0.1) is 0 Å². The largest absolute Gasteiger partial charge is 0.349 e. The van der Waals surface area contributed by atoms with Crippen LogP contribution in [0.3, 0.4) is 0 Å². The molecule has 0 radical (unpaired) electrons. The summed E-state index contributed by atoms with van der Waals surface area (Å²) in [6, 6.07) is 10.9. The molecule has 0 N–H and O–H groups in total. The normalized spacial score (nSPS) is 15.3. The van der Waals surface area contributed by atoms with E-state index in [0.717, 1.165) is 19.6 Å². The van der Waals surface area contributed by atoms with Gasteiger partial charge in [-0.05, 0) is 12.6 Å². The maximum atomic E-state index is 12.0. The van der Waals surface area contributed by atoms with Gasteiger partial charge >= 0.3 is 0 Å². The monoisotopic (exact) mass is 284 g/mol. The summed E-state index contributed by atoms with van der Waals surface area (Å²) in [7, 11) is 3.89. The minimum Gasteiger partial charge on any atom is -0.349 e. The quantitative estimate of drug-likeness (QED) is 0.843. The van der Waals surface area contributed by atoms with Crippen molar-refractivity contribution in [2.24, 2.45) is 7.05 Å². The maximum absolute atomic E-state index is 12.0. The molecule has 1 saturated heterocycles. The Hall–Kier alpha value is -2.14. The maximum Gasteiger partial charge on any atom is 0.293 e. The first kappa shape index (κ1) is 13.8. The van der Waals surface area contributed by atoms with Gasteiger partial charge in [-0.25, -0.2) is 4.98 Å². The summed E-state index contributed by atoms with van der Waals surface area (Å²) < 4.78 is 1.57. The number of hydrogen-bond donors (Lipinski definition) is 0. The van der Waals surface area contributed by atoms with Crippen LogP contribution in [0.4, 0.5) is 5.82 Å². The zero-order valence-corrected chi connectivity index (χ0v) is 12.4. The second-order valence-corrected chi connectivity index (χ2v) is 5.63. The van der Waals surface area contributed by atoms with Gasteiger partial charge < -0.3 is 9.47 Å². The second kappa shape index (κ2) is 5.69. The summed E-state index contributed by atoms with van der Waals surface area (Å²) in [5.74, 6) is 0.560. The first-order chi connectivity index (χ1) is 10.1. The summed E-state index contributed by atoms with van der Waals surface area (Å²) in [6.45, 7) is 2.64. The van der Waals surface area contributed by atoms with Crippen LogP contribution in [0.2, 0.25) is 0 Å². The molecule has 2 heterocycles. The van der Waals surface area contributed by atoms with Gasteiger partial charge in [0.1, 0.15) is 0 Å². The Kier molecular flexibility index (Phi) is 3.75. The summed E-state index contributed by atoms with van der Waals surface area (Å²) in [5.41, 5.74) is 1.29. The number of hydrogen-bond acceptors (Lipinski definition) is 4. The van der Waals surface area contributed by atoms with Crippen molar-refractivity contribution in [2.75, 3.05) is 25.0 Å². The molecule has 0 saturated carbocycles. The summed E-state index contributed by atoms with van der Waals surface area (Å²) >= 11 is 0. The van der Waals surface area contributed by atoms with Crippen LogP contribution in [0.5, 0.6) is 0 Å². The van der Waals surface area contributed by atoms with Crippen LogP contribution in [-0.2, 0) is 13.6 Å². The summed E-state index contributed by atoms with van der Waals surface area (Å²) in [4.78, 5) is 20.6. The van der Waals surface area contributed by atoms with Gasteiger partial charge in [-0.15, -0.1) is 0 Å². The molecule has 3 rings (SSSR count). The Morgan fingerprint density at radius 1 is 1.29 bits per heavy atom. The highest BCUT2D eigenvalue weighted by Crippen LogP contribution is 2.19. The lowest BCUT2D eigenvalue weighted by Gasteiger charge is -2.44. The van der Waals surface area contributed by atoms with E-state index in [4.69, 9.17) is 0 Å². The van der Waals surface area contributed by atoms with Gasteiger partial charge in [0.2, 0.25) is 0 Å². The molecule has 0 aliphatic carbocycles. The molecule has 0 amide bonds. The second-order valence-electron chi connectivity index (χ2n) is 5.63. The highest BCUT2D eigenvalue weighted by molar-refractivity contribution is 5.40. The molecule has 0 unspecified atom stereocenters. The molecule has 1 fully saturated rings. The molecule has 1 aromatic carbocycles. The number of anilines is 1. The number of rotatable bonds is 4. The average Bonchev–Trinajstić information content (AvgIpc) is 2.43. The zero-order valence-electron chi connectivity index (χ0n) is 12.4. The lowest BCUT2D eigenvalue weighted by atomic mass is 10.1. The van der Waals surface area contributed by atoms with E-state index >= 15 is 0 Å². The first-order valence-electron chi connectivity index (χ1n) is 7.16. The number of aromatic nitrogens is 2. The molecule has 1 aliphatic rings. The van der Waals surface area contributed by atoms with Gasteiger partial charge in [0.15, 0.2) is 5.82 Å². The Bertz CT molecular complexity index is 661. The van der Waals surface area contributed by atoms with E-state index in [9.17, 15) is 4.79 Å². The third kappa shape index (κ3) is 2.83. The molecule has 5 heteroatoms. The number of likely N-dealkylation sites (N-methyl/N-ethyl adjacent to an activating group) is 1. The minimum atomic E-state index is -0.0262. The summed E-state index contributed by atoms with van der Waals surface area (Å²) in [5, 5.41) is 0. The van der Waals surface area contributed by atoms with Gasteiger partial charge in [-0.1, -0.05) is 30.3 Å². The van der Waals surface area contributed by atoms with E-state index in [2.05, 4.69) is 46.1 Å².